The number of amides is 2. The summed E-state index contributed by atoms with van der Waals surface area (Å²) in [6, 6.07) is 7.37. The number of carbonyl (C=O) groups is 2. The molecule has 2 aromatic rings. The second-order valence-corrected chi connectivity index (χ2v) is 9.89. The fourth-order valence-corrected chi connectivity index (χ4v) is 5.97. The van der Waals surface area contributed by atoms with Crippen LogP contribution in [0.1, 0.15) is 24.0 Å². The number of sulfonamides is 1. The lowest BCUT2D eigenvalue weighted by atomic mass is 10.1. The summed E-state index contributed by atoms with van der Waals surface area (Å²) in [6.45, 7) is 3.84. The van der Waals surface area contributed by atoms with Crippen LogP contribution >= 0.6 is 11.6 Å². The predicted octanol–water partition coefficient (Wildman–Crippen LogP) is 3.08. The van der Waals surface area contributed by atoms with Gasteiger partial charge in [0.2, 0.25) is 15.9 Å². The Labute approximate surface area is 185 Å². The van der Waals surface area contributed by atoms with Gasteiger partial charge in [0.05, 0.1) is 10.7 Å². The van der Waals surface area contributed by atoms with Crippen molar-refractivity contribution < 1.29 is 22.7 Å². The van der Waals surface area contributed by atoms with Gasteiger partial charge in [0.1, 0.15) is 16.7 Å². The third kappa shape index (κ3) is 4.00. The molecule has 0 saturated carbocycles. The van der Waals surface area contributed by atoms with Crippen molar-refractivity contribution >= 4 is 44.8 Å². The van der Waals surface area contributed by atoms with E-state index in [1.54, 1.807) is 6.07 Å². The first-order valence-corrected chi connectivity index (χ1v) is 11.7. The molecule has 2 aliphatic heterocycles. The molecule has 10 heteroatoms. The SMILES string of the molecule is Cc1cccc(NC(=O)[C@H]2CCCN2S(=O)(=O)c2cc3c(cc2Cl)NC(=O)CO3)c1C. The summed E-state index contributed by atoms with van der Waals surface area (Å²) in [5.41, 5.74) is 2.93. The Kier molecular flexibility index (Phi) is 5.67. The molecule has 8 nitrogen and oxygen atoms in total. The number of halogens is 1. The van der Waals surface area contributed by atoms with Crippen LogP contribution in [0.3, 0.4) is 0 Å². The molecule has 0 bridgehead atoms. The summed E-state index contributed by atoms with van der Waals surface area (Å²) >= 11 is 6.25. The van der Waals surface area contributed by atoms with Crippen molar-refractivity contribution in [2.75, 3.05) is 23.8 Å². The van der Waals surface area contributed by atoms with Crippen LogP contribution in [0.25, 0.3) is 0 Å². The van der Waals surface area contributed by atoms with Gasteiger partial charge in [0, 0.05) is 18.3 Å². The molecule has 1 fully saturated rings. The summed E-state index contributed by atoms with van der Waals surface area (Å²) < 4.78 is 33.3. The second kappa shape index (κ2) is 8.14. The second-order valence-electron chi connectivity index (χ2n) is 7.63. The van der Waals surface area contributed by atoms with Gasteiger partial charge < -0.3 is 15.4 Å². The normalized spacial score (nSPS) is 18.8. The molecular formula is C21H22ClN3O5S. The van der Waals surface area contributed by atoms with Gasteiger partial charge >= 0.3 is 0 Å². The van der Waals surface area contributed by atoms with Gasteiger partial charge in [-0.3, -0.25) is 9.59 Å². The number of carbonyl (C=O) groups excluding carboxylic acids is 2. The molecule has 0 aromatic heterocycles. The lowest BCUT2D eigenvalue weighted by molar-refractivity contribution is -0.119. The molecular weight excluding hydrogens is 442 g/mol. The number of rotatable bonds is 4. The maximum atomic E-state index is 13.4. The largest absolute Gasteiger partial charge is 0.482 e. The van der Waals surface area contributed by atoms with Crippen molar-refractivity contribution in [3.8, 4) is 5.75 Å². The quantitative estimate of drug-likeness (QED) is 0.725. The van der Waals surface area contributed by atoms with E-state index < -0.39 is 16.1 Å². The number of aryl methyl sites for hydroxylation is 1. The monoisotopic (exact) mass is 463 g/mol. The Bertz CT molecular complexity index is 1180. The van der Waals surface area contributed by atoms with Crippen molar-refractivity contribution in [2.24, 2.45) is 0 Å². The number of anilines is 2. The Morgan fingerprint density at radius 3 is 2.84 bits per heavy atom. The lowest BCUT2D eigenvalue weighted by Crippen LogP contribution is -2.43. The van der Waals surface area contributed by atoms with Crippen molar-refractivity contribution in [1.82, 2.24) is 4.31 Å². The van der Waals surface area contributed by atoms with E-state index in [1.807, 2.05) is 26.0 Å². The Hall–Kier alpha value is -2.62. The first-order valence-electron chi connectivity index (χ1n) is 9.83. The smallest absolute Gasteiger partial charge is 0.262 e. The molecule has 1 saturated heterocycles. The van der Waals surface area contributed by atoms with E-state index >= 15 is 0 Å². The highest BCUT2D eigenvalue weighted by atomic mass is 35.5. The van der Waals surface area contributed by atoms with Crippen molar-refractivity contribution in [1.29, 1.82) is 0 Å². The summed E-state index contributed by atoms with van der Waals surface area (Å²) in [5.74, 6) is -0.507. The summed E-state index contributed by atoms with van der Waals surface area (Å²) in [7, 11) is -4.07. The van der Waals surface area contributed by atoms with Gasteiger partial charge in [-0.05, 0) is 49.9 Å². The van der Waals surface area contributed by atoms with Crippen LogP contribution in [-0.4, -0.2) is 43.7 Å². The van der Waals surface area contributed by atoms with Gasteiger partial charge in [-0.25, -0.2) is 8.42 Å². The highest BCUT2D eigenvalue weighted by Crippen LogP contribution is 2.38. The van der Waals surface area contributed by atoms with Crippen LogP contribution in [-0.2, 0) is 19.6 Å². The molecule has 4 rings (SSSR count). The van der Waals surface area contributed by atoms with Gasteiger partial charge in [0.25, 0.3) is 5.91 Å². The molecule has 31 heavy (non-hydrogen) atoms. The Balaban J connectivity index is 1.63. The number of benzene rings is 2. The van der Waals surface area contributed by atoms with E-state index in [-0.39, 0.29) is 40.6 Å². The van der Waals surface area contributed by atoms with E-state index in [9.17, 15) is 18.0 Å². The van der Waals surface area contributed by atoms with Crippen molar-refractivity contribution in [3.63, 3.8) is 0 Å². The predicted molar refractivity (Wildman–Crippen MR) is 117 cm³/mol. The average Bonchev–Trinajstić information content (AvgIpc) is 3.22. The molecule has 0 aliphatic carbocycles. The fraction of sp³-hybridized carbons (Fsp3) is 0.333. The maximum Gasteiger partial charge on any atom is 0.262 e. The number of hydrogen-bond acceptors (Lipinski definition) is 5. The van der Waals surface area contributed by atoms with Crippen LogP contribution in [0.5, 0.6) is 5.75 Å². The number of fused-ring (bicyclic) bond motifs is 1. The zero-order valence-electron chi connectivity index (χ0n) is 17.1. The zero-order chi connectivity index (χ0) is 22.3. The molecule has 0 unspecified atom stereocenters. The minimum Gasteiger partial charge on any atom is -0.482 e. The third-order valence-electron chi connectivity index (χ3n) is 5.62. The number of ether oxygens (including phenoxy) is 1. The van der Waals surface area contributed by atoms with Crippen LogP contribution in [0.4, 0.5) is 11.4 Å². The fourth-order valence-electron chi connectivity index (χ4n) is 3.80. The van der Waals surface area contributed by atoms with Crippen molar-refractivity contribution in [2.45, 2.75) is 37.6 Å². The van der Waals surface area contributed by atoms with E-state index in [0.29, 0.717) is 24.2 Å². The molecule has 2 amide bonds. The summed E-state index contributed by atoms with van der Waals surface area (Å²) in [6.07, 6.45) is 0.963. The van der Waals surface area contributed by atoms with E-state index in [4.69, 9.17) is 16.3 Å². The third-order valence-corrected chi connectivity index (χ3v) is 8.00. The summed E-state index contributed by atoms with van der Waals surface area (Å²) in [4.78, 5) is 24.3. The first-order chi connectivity index (χ1) is 14.7. The van der Waals surface area contributed by atoms with Crippen LogP contribution in [0.15, 0.2) is 35.2 Å². The number of nitrogens with one attached hydrogen (secondary N) is 2. The Morgan fingerprint density at radius 2 is 2.06 bits per heavy atom. The van der Waals surface area contributed by atoms with Crippen LogP contribution in [0, 0.1) is 13.8 Å². The molecule has 2 aliphatic rings. The van der Waals surface area contributed by atoms with E-state index in [0.717, 1.165) is 11.1 Å². The lowest BCUT2D eigenvalue weighted by Gasteiger charge is -2.25. The highest BCUT2D eigenvalue weighted by Gasteiger charge is 2.41. The summed E-state index contributed by atoms with van der Waals surface area (Å²) in [5, 5.41) is 5.41. The average molecular weight is 464 g/mol. The standard InChI is InChI=1S/C21H22ClN3O5S/c1-12-5-3-6-15(13(12)2)24-21(27)17-7-4-8-25(17)31(28,29)19-10-18-16(9-14(19)22)23-20(26)11-30-18/h3,5-6,9-10,17H,4,7-8,11H2,1-2H3,(H,23,26)(H,24,27)/t17-/m1/s1. The molecule has 0 radical (unpaired) electrons. The zero-order valence-corrected chi connectivity index (χ0v) is 18.6. The molecule has 1 atom stereocenters. The molecule has 164 valence electrons. The van der Waals surface area contributed by atoms with E-state index in [1.165, 1.54) is 16.4 Å². The molecule has 2 aromatic carbocycles. The van der Waals surface area contributed by atoms with E-state index in [2.05, 4.69) is 10.6 Å². The molecule has 2 N–H and O–H groups in total. The molecule has 0 spiro atoms. The highest BCUT2D eigenvalue weighted by molar-refractivity contribution is 7.89. The van der Waals surface area contributed by atoms with Gasteiger partial charge in [-0.15, -0.1) is 0 Å². The van der Waals surface area contributed by atoms with Gasteiger partial charge in [-0.2, -0.15) is 4.31 Å². The van der Waals surface area contributed by atoms with Gasteiger partial charge in [-0.1, -0.05) is 23.7 Å². The maximum absolute atomic E-state index is 13.4. The van der Waals surface area contributed by atoms with Crippen molar-refractivity contribution in [3.05, 3.63) is 46.5 Å². The minimum absolute atomic E-state index is 0.0508. The molecule has 2 heterocycles. The number of hydrogen-bond donors (Lipinski definition) is 2. The Morgan fingerprint density at radius 1 is 1.29 bits per heavy atom. The van der Waals surface area contributed by atoms with Crippen LogP contribution in [0.2, 0.25) is 5.02 Å². The first kappa shape index (κ1) is 21.6. The van der Waals surface area contributed by atoms with Crippen LogP contribution < -0.4 is 15.4 Å². The topological polar surface area (TPSA) is 105 Å². The minimum atomic E-state index is -4.07. The van der Waals surface area contributed by atoms with Gasteiger partial charge in [0.15, 0.2) is 6.61 Å². The number of nitrogens with zero attached hydrogens (tertiary/aromatic N) is 1.